The van der Waals surface area contributed by atoms with Gasteiger partial charge in [0.2, 0.25) is 0 Å². The Hall–Kier alpha value is -3.94. The average Bonchev–Trinajstić information content (AvgIpc) is 3.25. The number of aryl methyl sites for hydroxylation is 1. The third-order valence-electron chi connectivity index (χ3n) is 4.53. The Morgan fingerprint density at radius 1 is 0.967 bits per heavy atom. The highest BCUT2D eigenvalue weighted by Gasteiger charge is 2.13. The summed E-state index contributed by atoms with van der Waals surface area (Å²) < 4.78 is 28.3. The Kier molecular flexibility index (Phi) is 5.30. The van der Waals surface area contributed by atoms with Crippen molar-refractivity contribution < 1.29 is 13.6 Å². The van der Waals surface area contributed by atoms with E-state index in [1.807, 2.05) is 6.92 Å². The summed E-state index contributed by atoms with van der Waals surface area (Å²) in [4.78, 5) is 25.0. The second-order valence-corrected chi connectivity index (χ2v) is 6.66. The third kappa shape index (κ3) is 4.07. The van der Waals surface area contributed by atoms with Crippen LogP contribution in [0.25, 0.3) is 16.8 Å². The van der Waals surface area contributed by atoms with Crippen molar-refractivity contribution >= 4 is 5.91 Å². The Balaban J connectivity index is 1.51. The van der Waals surface area contributed by atoms with Crippen LogP contribution in [-0.4, -0.2) is 25.4 Å². The summed E-state index contributed by atoms with van der Waals surface area (Å²) in [5, 5.41) is 2.80. The minimum absolute atomic E-state index is 0.242. The molecule has 30 heavy (non-hydrogen) atoms. The number of benzene rings is 2. The molecule has 0 aliphatic heterocycles. The average molecular weight is 405 g/mol. The normalized spacial score (nSPS) is 10.8. The summed E-state index contributed by atoms with van der Waals surface area (Å²) in [6.07, 6.45) is 6.26. The molecule has 6 nitrogen and oxygen atoms in total. The number of rotatable bonds is 5. The number of hydrogen-bond acceptors (Lipinski definition) is 4. The molecule has 0 unspecified atom stereocenters. The van der Waals surface area contributed by atoms with Crippen molar-refractivity contribution in [2.45, 2.75) is 13.5 Å². The molecule has 2 heterocycles. The predicted molar refractivity (Wildman–Crippen MR) is 107 cm³/mol. The Labute approximate surface area is 171 Å². The van der Waals surface area contributed by atoms with E-state index in [1.165, 1.54) is 18.6 Å². The molecular weight excluding hydrogens is 388 g/mol. The lowest BCUT2D eigenvalue weighted by Gasteiger charge is -2.10. The zero-order valence-corrected chi connectivity index (χ0v) is 16.0. The summed E-state index contributed by atoms with van der Waals surface area (Å²) in [7, 11) is 0. The van der Waals surface area contributed by atoms with Crippen LogP contribution in [0.1, 0.15) is 21.9 Å². The predicted octanol–water partition coefficient (Wildman–Crippen LogP) is 3.85. The van der Waals surface area contributed by atoms with E-state index in [0.717, 1.165) is 23.4 Å². The van der Waals surface area contributed by atoms with Crippen LogP contribution >= 0.6 is 0 Å². The van der Waals surface area contributed by atoms with Gasteiger partial charge in [0.05, 0.1) is 36.7 Å². The van der Waals surface area contributed by atoms with Gasteiger partial charge in [-0.2, -0.15) is 0 Å². The van der Waals surface area contributed by atoms with Gasteiger partial charge in [0.25, 0.3) is 5.91 Å². The Morgan fingerprint density at radius 3 is 2.43 bits per heavy atom. The van der Waals surface area contributed by atoms with Gasteiger partial charge >= 0.3 is 0 Å². The SMILES string of the molecule is Cc1cnc(CNC(=O)c2cncn2-c2ccc(-c3ccc(F)c(F)c3)cc2)cn1. The number of carbonyl (C=O) groups is 1. The number of hydrogen-bond donors (Lipinski definition) is 1. The first kappa shape index (κ1) is 19.4. The molecule has 1 N–H and O–H groups in total. The number of halogens is 2. The quantitative estimate of drug-likeness (QED) is 0.548. The van der Waals surface area contributed by atoms with Crippen LogP contribution in [-0.2, 0) is 6.54 Å². The number of carbonyl (C=O) groups excluding carboxylic acids is 1. The molecule has 0 atom stereocenters. The monoisotopic (exact) mass is 405 g/mol. The topological polar surface area (TPSA) is 72.7 Å². The fraction of sp³-hybridized carbons (Fsp3) is 0.0909. The van der Waals surface area contributed by atoms with E-state index in [9.17, 15) is 13.6 Å². The maximum Gasteiger partial charge on any atom is 0.270 e. The molecule has 0 aliphatic carbocycles. The molecule has 0 fully saturated rings. The van der Waals surface area contributed by atoms with Gasteiger partial charge in [0, 0.05) is 11.9 Å². The van der Waals surface area contributed by atoms with Crippen molar-refractivity contribution in [3.05, 3.63) is 96.1 Å². The number of amides is 1. The van der Waals surface area contributed by atoms with Gasteiger partial charge in [0.1, 0.15) is 5.69 Å². The van der Waals surface area contributed by atoms with E-state index in [4.69, 9.17) is 0 Å². The second kappa shape index (κ2) is 8.20. The summed E-state index contributed by atoms with van der Waals surface area (Å²) in [5.41, 5.74) is 3.80. The van der Waals surface area contributed by atoms with Crippen LogP contribution in [0.3, 0.4) is 0 Å². The molecule has 4 rings (SSSR count). The number of nitrogens with one attached hydrogen (secondary N) is 1. The third-order valence-corrected chi connectivity index (χ3v) is 4.53. The highest BCUT2D eigenvalue weighted by molar-refractivity contribution is 5.93. The molecule has 0 saturated carbocycles. The highest BCUT2D eigenvalue weighted by atomic mass is 19.2. The molecule has 0 bridgehead atoms. The van der Waals surface area contributed by atoms with Crippen LogP contribution in [0.2, 0.25) is 0 Å². The molecule has 0 spiro atoms. The lowest BCUT2D eigenvalue weighted by Crippen LogP contribution is -2.25. The van der Waals surface area contributed by atoms with Crippen LogP contribution in [0.5, 0.6) is 0 Å². The Morgan fingerprint density at radius 2 is 1.73 bits per heavy atom. The Bertz CT molecular complexity index is 1190. The van der Waals surface area contributed by atoms with Crippen molar-refractivity contribution in [1.29, 1.82) is 0 Å². The summed E-state index contributed by atoms with van der Waals surface area (Å²) in [6, 6.07) is 10.8. The molecule has 2 aromatic carbocycles. The van der Waals surface area contributed by atoms with Crippen molar-refractivity contribution in [3.8, 4) is 16.8 Å². The van der Waals surface area contributed by atoms with Gasteiger partial charge in [0.15, 0.2) is 11.6 Å². The number of imidazole rings is 1. The first-order valence-electron chi connectivity index (χ1n) is 9.15. The summed E-state index contributed by atoms with van der Waals surface area (Å²) >= 11 is 0. The molecule has 0 aliphatic rings. The van der Waals surface area contributed by atoms with E-state index in [1.54, 1.807) is 41.2 Å². The van der Waals surface area contributed by atoms with Crippen molar-refractivity contribution in [2.24, 2.45) is 0 Å². The summed E-state index contributed by atoms with van der Waals surface area (Å²) in [6.45, 7) is 2.08. The van der Waals surface area contributed by atoms with Gasteiger partial charge in [-0.3, -0.25) is 19.3 Å². The van der Waals surface area contributed by atoms with E-state index < -0.39 is 11.6 Å². The highest BCUT2D eigenvalue weighted by Crippen LogP contribution is 2.23. The molecule has 8 heteroatoms. The molecule has 150 valence electrons. The van der Waals surface area contributed by atoms with Gasteiger partial charge in [-0.05, 0) is 42.3 Å². The van der Waals surface area contributed by atoms with Crippen LogP contribution in [0.4, 0.5) is 8.78 Å². The number of aromatic nitrogens is 4. The molecule has 0 saturated heterocycles. The van der Waals surface area contributed by atoms with E-state index >= 15 is 0 Å². The zero-order valence-electron chi connectivity index (χ0n) is 16.0. The minimum atomic E-state index is -0.900. The van der Waals surface area contributed by atoms with Gasteiger partial charge in [-0.1, -0.05) is 18.2 Å². The van der Waals surface area contributed by atoms with E-state index in [2.05, 4.69) is 20.3 Å². The van der Waals surface area contributed by atoms with Crippen LogP contribution in [0, 0.1) is 18.6 Å². The first-order valence-corrected chi connectivity index (χ1v) is 9.15. The maximum atomic E-state index is 13.5. The van der Waals surface area contributed by atoms with Crippen molar-refractivity contribution in [3.63, 3.8) is 0 Å². The van der Waals surface area contributed by atoms with Crippen LogP contribution in [0.15, 0.2) is 67.4 Å². The standard InChI is InChI=1S/C22H17F2N5O/c1-14-9-27-17(10-26-14)11-28-22(30)21-12-25-13-29(21)18-5-2-15(3-6-18)16-4-7-19(23)20(24)8-16/h2-10,12-13H,11H2,1H3,(H,28,30). The van der Waals surface area contributed by atoms with Crippen molar-refractivity contribution in [1.82, 2.24) is 24.8 Å². The number of nitrogens with zero attached hydrogens (tertiary/aromatic N) is 4. The van der Waals surface area contributed by atoms with Crippen molar-refractivity contribution in [2.75, 3.05) is 0 Å². The fourth-order valence-electron chi connectivity index (χ4n) is 2.93. The minimum Gasteiger partial charge on any atom is -0.345 e. The lowest BCUT2D eigenvalue weighted by molar-refractivity contribution is 0.0943. The lowest BCUT2D eigenvalue weighted by atomic mass is 10.1. The van der Waals surface area contributed by atoms with Gasteiger partial charge in [-0.25, -0.2) is 13.8 Å². The largest absolute Gasteiger partial charge is 0.345 e. The van der Waals surface area contributed by atoms with Gasteiger partial charge < -0.3 is 5.32 Å². The molecule has 1 amide bonds. The maximum absolute atomic E-state index is 13.5. The van der Waals surface area contributed by atoms with E-state index in [-0.39, 0.29) is 12.5 Å². The fourth-order valence-corrected chi connectivity index (χ4v) is 2.93. The second-order valence-electron chi connectivity index (χ2n) is 6.66. The smallest absolute Gasteiger partial charge is 0.270 e. The van der Waals surface area contributed by atoms with E-state index in [0.29, 0.717) is 22.6 Å². The molecule has 4 aromatic rings. The molecule has 2 aromatic heterocycles. The van der Waals surface area contributed by atoms with Gasteiger partial charge in [-0.15, -0.1) is 0 Å². The molecular formula is C22H17F2N5O. The van der Waals surface area contributed by atoms with Crippen LogP contribution < -0.4 is 5.32 Å². The first-order chi connectivity index (χ1) is 14.5. The molecule has 0 radical (unpaired) electrons. The zero-order chi connectivity index (χ0) is 21.1. The summed E-state index contributed by atoms with van der Waals surface area (Å²) in [5.74, 6) is -2.09.